The Morgan fingerprint density at radius 2 is 2.14 bits per heavy atom. The molecule has 2 aliphatic rings. The molecule has 7 nitrogen and oxygen atoms in total. The van der Waals surface area contributed by atoms with E-state index < -0.39 is 0 Å². The highest BCUT2D eigenvalue weighted by Gasteiger charge is 2.39. The number of hydrogen-bond acceptors (Lipinski definition) is 7. The van der Waals surface area contributed by atoms with Gasteiger partial charge in [-0.05, 0) is 43.9 Å². The molecule has 1 aromatic heterocycles. The molecule has 3 rings (SSSR count). The van der Waals surface area contributed by atoms with Crippen LogP contribution >= 0.6 is 0 Å². The van der Waals surface area contributed by atoms with Gasteiger partial charge in [-0.3, -0.25) is 5.43 Å². The standard InChI is InChI=1S/C14H24N6O/c1-3-21-14-17-12(19-15)16-13(18-14)20(2)8-11-7-9-4-5-10(11)6-9/h9-11H,3-8,15H2,1-2H3,(H,16,17,18,19). The van der Waals surface area contributed by atoms with Gasteiger partial charge < -0.3 is 9.64 Å². The molecule has 0 aliphatic heterocycles. The van der Waals surface area contributed by atoms with E-state index in [-0.39, 0.29) is 0 Å². The van der Waals surface area contributed by atoms with Gasteiger partial charge in [-0.2, -0.15) is 15.0 Å². The lowest BCUT2D eigenvalue weighted by molar-refractivity contribution is 0.310. The zero-order chi connectivity index (χ0) is 14.8. The number of aromatic nitrogens is 3. The van der Waals surface area contributed by atoms with Crippen molar-refractivity contribution in [1.82, 2.24) is 15.0 Å². The number of nitrogens with two attached hydrogens (primary N) is 1. The zero-order valence-corrected chi connectivity index (χ0v) is 12.7. The molecule has 2 fully saturated rings. The van der Waals surface area contributed by atoms with Gasteiger partial charge in [0.2, 0.25) is 11.9 Å². The molecular weight excluding hydrogens is 268 g/mol. The number of rotatable bonds is 6. The van der Waals surface area contributed by atoms with Crippen molar-refractivity contribution < 1.29 is 4.74 Å². The first kappa shape index (κ1) is 14.3. The first-order valence-corrected chi connectivity index (χ1v) is 7.76. The summed E-state index contributed by atoms with van der Waals surface area (Å²) >= 11 is 0. The summed E-state index contributed by atoms with van der Waals surface area (Å²) < 4.78 is 5.37. The number of hydrazine groups is 1. The number of anilines is 2. The largest absolute Gasteiger partial charge is 0.464 e. The van der Waals surface area contributed by atoms with Crippen LogP contribution in [-0.2, 0) is 0 Å². The summed E-state index contributed by atoms with van der Waals surface area (Å²) in [6, 6.07) is 0.315. The van der Waals surface area contributed by atoms with Crippen LogP contribution in [0.5, 0.6) is 6.01 Å². The minimum atomic E-state index is 0.315. The Balaban J connectivity index is 1.71. The van der Waals surface area contributed by atoms with Crippen LogP contribution in [0.4, 0.5) is 11.9 Å². The summed E-state index contributed by atoms with van der Waals surface area (Å²) in [7, 11) is 2.03. The fourth-order valence-corrected chi connectivity index (χ4v) is 3.81. The predicted octanol–water partition coefficient (Wildman–Crippen LogP) is 1.43. The van der Waals surface area contributed by atoms with E-state index in [4.69, 9.17) is 10.6 Å². The van der Waals surface area contributed by atoms with Gasteiger partial charge in [0.05, 0.1) is 6.61 Å². The smallest absolute Gasteiger partial charge is 0.323 e. The maximum Gasteiger partial charge on any atom is 0.323 e. The number of hydrogen-bond donors (Lipinski definition) is 2. The quantitative estimate of drug-likeness (QED) is 0.605. The Bertz CT molecular complexity index is 496. The van der Waals surface area contributed by atoms with E-state index >= 15 is 0 Å². The van der Waals surface area contributed by atoms with Crippen LogP contribution in [0.3, 0.4) is 0 Å². The van der Waals surface area contributed by atoms with Gasteiger partial charge in [-0.25, -0.2) is 5.84 Å². The van der Waals surface area contributed by atoms with Crippen molar-refractivity contribution in [2.45, 2.75) is 32.6 Å². The molecule has 3 N–H and O–H groups in total. The molecule has 21 heavy (non-hydrogen) atoms. The Morgan fingerprint density at radius 3 is 2.76 bits per heavy atom. The van der Waals surface area contributed by atoms with Crippen LogP contribution in [0.15, 0.2) is 0 Å². The highest BCUT2D eigenvalue weighted by Crippen LogP contribution is 2.48. The Labute approximate surface area is 125 Å². The monoisotopic (exact) mass is 292 g/mol. The third kappa shape index (κ3) is 3.02. The van der Waals surface area contributed by atoms with E-state index in [2.05, 4.69) is 25.3 Å². The minimum Gasteiger partial charge on any atom is -0.464 e. The molecule has 1 aromatic rings. The predicted molar refractivity (Wildman–Crippen MR) is 81.0 cm³/mol. The van der Waals surface area contributed by atoms with Gasteiger partial charge in [0.25, 0.3) is 0 Å². The Kier molecular flexibility index (Phi) is 4.10. The molecule has 0 amide bonds. The van der Waals surface area contributed by atoms with Crippen molar-refractivity contribution in [3.8, 4) is 6.01 Å². The van der Waals surface area contributed by atoms with Crippen molar-refractivity contribution >= 4 is 11.9 Å². The topological polar surface area (TPSA) is 89.2 Å². The fraction of sp³-hybridized carbons (Fsp3) is 0.786. The molecule has 2 saturated carbocycles. The Morgan fingerprint density at radius 1 is 1.29 bits per heavy atom. The van der Waals surface area contributed by atoms with Gasteiger partial charge in [0, 0.05) is 13.6 Å². The zero-order valence-electron chi connectivity index (χ0n) is 12.7. The molecule has 1 heterocycles. The number of nitrogens with zero attached hydrogens (tertiary/aromatic N) is 4. The highest BCUT2D eigenvalue weighted by atomic mass is 16.5. The van der Waals surface area contributed by atoms with Crippen LogP contribution in [-0.4, -0.2) is 35.2 Å². The summed E-state index contributed by atoms with van der Waals surface area (Å²) in [6.45, 7) is 3.41. The second kappa shape index (κ2) is 6.01. The van der Waals surface area contributed by atoms with Gasteiger partial charge in [-0.1, -0.05) is 6.42 Å². The number of nitrogens with one attached hydrogen (secondary N) is 1. The maximum absolute atomic E-state index is 5.42. The van der Waals surface area contributed by atoms with Gasteiger partial charge >= 0.3 is 6.01 Å². The highest BCUT2D eigenvalue weighted by molar-refractivity contribution is 5.37. The maximum atomic E-state index is 5.42. The van der Waals surface area contributed by atoms with E-state index in [0.717, 1.165) is 24.3 Å². The molecule has 0 radical (unpaired) electrons. The van der Waals surface area contributed by atoms with Crippen LogP contribution in [0.25, 0.3) is 0 Å². The molecule has 0 aromatic carbocycles. The number of fused-ring (bicyclic) bond motifs is 2. The van der Waals surface area contributed by atoms with Crippen molar-refractivity contribution in [2.24, 2.45) is 23.6 Å². The van der Waals surface area contributed by atoms with Crippen LogP contribution < -0.4 is 20.9 Å². The van der Waals surface area contributed by atoms with Gasteiger partial charge in [-0.15, -0.1) is 0 Å². The van der Waals surface area contributed by atoms with E-state index in [1.807, 2.05) is 14.0 Å². The van der Waals surface area contributed by atoms with Crippen molar-refractivity contribution in [3.05, 3.63) is 0 Å². The van der Waals surface area contributed by atoms with E-state index in [1.54, 1.807) is 0 Å². The van der Waals surface area contributed by atoms with Crippen LogP contribution in [0.1, 0.15) is 32.6 Å². The summed E-state index contributed by atoms with van der Waals surface area (Å²) in [4.78, 5) is 14.9. The normalized spacial score (nSPS) is 26.9. The lowest BCUT2D eigenvalue weighted by atomic mass is 9.88. The SMILES string of the molecule is CCOc1nc(NN)nc(N(C)CC2CC3CCC2C3)n1. The lowest BCUT2D eigenvalue weighted by Gasteiger charge is -2.27. The average molecular weight is 292 g/mol. The second-order valence-electron chi connectivity index (χ2n) is 6.13. The Hall–Kier alpha value is -1.63. The fourth-order valence-electron chi connectivity index (χ4n) is 3.81. The first-order valence-electron chi connectivity index (χ1n) is 7.76. The van der Waals surface area contributed by atoms with Gasteiger partial charge in [0.15, 0.2) is 0 Å². The molecule has 2 bridgehead atoms. The number of ether oxygens (including phenoxy) is 1. The number of nitrogen functional groups attached to an aromatic ring is 1. The van der Waals surface area contributed by atoms with Crippen LogP contribution in [0, 0.1) is 17.8 Å². The third-order valence-corrected chi connectivity index (χ3v) is 4.74. The third-order valence-electron chi connectivity index (χ3n) is 4.74. The van der Waals surface area contributed by atoms with E-state index in [9.17, 15) is 0 Å². The molecule has 0 spiro atoms. The summed E-state index contributed by atoms with van der Waals surface area (Å²) in [5, 5.41) is 0. The molecule has 7 heteroatoms. The minimum absolute atomic E-state index is 0.315. The van der Waals surface area contributed by atoms with Crippen molar-refractivity contribution in [1.29, 1.82) is 0 Å². The molecular formula is C14H24N6O. The molecule has 3 unspecified atom stereocenters. The molecule has 0 saturated heterocycles. The van der Waals surface area contributed by atoms with Gasteiger partial charge in [0.1, 0.15) is 0 Å². The second-order valence-corrected chi connectivity index (χ2v) is 6.13. The van der Waals surface area contributed by atoms with E-state index in [0.29, 0.717) is 24.5 Å². The molecule has 3 atom stereocenters. The molecule has 2 aliphatic carbocycles. The summed E-state index contributed by atoms with van der Waals surface area (Å²) in [5.74, 6) is 8.97. The van der Waals surface area contributed by atoms with Crippen LogP contribution in [0.2, 0.25) is 0 Å². The van der Waals surface area contributed by atoms with Crippen molar-refractivity contribution in [3.63, 3.8) is 0 Å². The van der Waals surface area contributed by atoms with Crippen molar-refractivity contribution in [2.75, 3.05) is 30.5 Å². The average Bonchev–Trinajstić information content (AvgIpc) is 3.09. The summed E-state index contributed by atoms with van der Waals surface area (Å²) in [5.41, 5.74) is 2.47. The summed E-state index contributed by atoms with van der Waals surface area (Å²) in [6.07, 6.45) is 5.57. The first-order chi connectivity index (χ1) is 10.2. The lowest BCUT2D eigenvalue weighted by Crippen LogP contribution is -2.30. The molecule has 116 valence electrons. The van der Waals surface area contributed by atoms with E-state index in [1.165, 1.54) is 25.7 Å².